The summed E-state index contributed by atoms with van der Waals surface area (Å²) in [5.74, 6) is 0.687. The number of carbonyl (C=O) groups is 1. The van der Waals surface area contributed by atoms with Gasteiger partial charge in [0.05, 0.1) is 12.2 Å². The Morgan fingerprint density at radius 2 is 2.07 bits per heavy atom. The molecule has 0 bridgehead atoms. The lowest BCUT2D eigenvalue weighted by atomic mass is 10.1. The van der Waals surface area contributed by atoms with Crippen LogP contribution in [0.5, 0.6) is 6.01 Å². The van der Waals surface area contributed by atoms with Crippen molar-refractivity contribution in [3.63, 3.8) is 0 Å². The van der Waals surface area contributed by atoms with E-state index < -0.39 is 0 Å². The summed E-state index contributed by atoms with van der Waals surface area (Å²) in [5.41, 5.74) is 0.463. The fourth-order valence-electron chi connectivity index (χ4n) is 1.12. The Bertz CT molecular complexity index is 296. The van der Waals surface area contributed by atoms with Crippen LogP contribution < -0.4 is 4.74 Å². The Morgan fingerprint density at radius 3 is 2.60 bits per heavy atom. The van der Waals surface area contributed by atoms with Gasteiger partial charge in [-0.2, -0.15) is 0 Å². The predicted molar refractivity (Wildman–Crippen MR) is 57.0 cm³/mol. The van der Waals surface area contributed by atoms with E-state index in [4.69, 9.17) is 4.74 Å². The van der Waals surface area contributed by atoms with Crippen molar-refractivity contribution < 1.29 is 9.53 Å². The molecule has 1 aromatic heterocycles. The molecule has 82 valence electrons. The summed E-state index contributed by atoms with van der Waals surface area (Å²) in [4.78, 5) is 18.1. The Kier molecular flexibility index (Phi) is 4.74. The zero-order valence-corrected chi connectivity index (χ0v) is 9.14. The van der Waals surface area contributed by atoms with Gasteiger partial charge in [-0.1, -0.05) is 13.8 Å². The lowest BCUT2D eigenvalue weighted by Crippen LogP contribution is -2.02. The van der Waals surface area contributed by atoms with E-state index in [1.165, 1.54) is 12.4 Å². The minimum Gasteiger partial charge on any atom is -0.463 e. The van der Waals surface area contributed by atoms with Crippen LogP contribution in [0.4, 0.5) is 0 Å². The van der Waals surface area contributed by atoms with E-state index in [0.717, 1.165) is 12.8 Å². The van der Waals surface area contributed by atoms with Crippen LogP contribution in [0.2, 0.25) is 0 Å². The van der Waals surface area contributed by atoms with Crippen LogP contribution in [0.3, 0.4) is 0 Å². The third-order valence-corrected chi connectivity index (χ3v) is 1.94. The normalized spacial score (nSPS) is 10.3. The van der Waals surface area contributed by atoms with Gasteiger partial charge in [0.15, 0.2) is 6.29 Å². The zero-order chi connectivity index (χ0) is 11.1. The topological polar surface area (TPSA) is 52.1 Å². The first kappa shape index (κ1) is 11.6. The van der Waals surface area contributed by atoms with Crippen molar-refractivity contribution >= 4 is 6.29 Å². The maximum absolute atomic E-state index is 10.3. The smallest absolute Gasteiger partial charge is 0.316 e. The highest BCUT2D eigenvalue weighted by Gasteiger charge is 1.98. The van der Waals surface area contributed by atoms with Gasteiger partial charge in [0, 0.05) is 12.4 Å². The van der Waals surface area contributed by atoms with E-state index in [1.807, 2.05) is 0 Å². The first-order valence-electron chi connectivity index (χ1n) is 5.12. The molecule has 0 aliphatic heterocycles. The standard InChI is InChI=1S/C11H16N2O2/c1-9(2)4-3-5-15-11-12-6-10(8-14)7-13-11/h6-9H,3-5H2,1-2H3. The summed E-state index contributed by atoms with van der Waals surface area (Å²) >= 11 is 0. The summed E-state index contributed by atoms with van der Waals surface area (Å²) < 4.78 is 5.32. The number of aromatic nitrogens is 2. The molecular formula is C11H16N2O2. The van der Waals surface area contributed by atoms with E-state index in [-0.39, 0.29) is 0 Å². The van der Waals surface area contributed by atoms with Gasteiger partial charge in [0.1, 0.15) is 0 Å². The van der Waals surface area contributed by atoms with E-state index in [1.54, 1.807) is 0 Å². The van der Waals surface area contributed by atoms with Gasteiger partial charge in [-0.25, -0.2) is 9.97 Å². The van der Waals surface area contributed by atoms with Crippen LogP contribution in [0.1, 0.15) is 37.0 Å². The van der Waals surface area contributed by atoms with E-state index in [0.29, 0.717) is 30.4 Å². The monoisotopic (exact) mass is 208 g/mol. The molecule has 1 aromatic rings. The first-order chi connectivity index (χ1) is 7.22. The maximum Gasteiger partial charge on any atom is 0.316 e. The minimum absolute atomic E-state index is 0.337. The molecule has 4 heteroatoms. The number of carbonyl (C=O) groups excluding carboxylic acids is 1. The molecule has 0 amide bonds. The molecule has 0 saturated heterocycles. The minimum atomic E-state index is 0.337. The fourth-order valence-corrected chi connectivity index (χ4v) is 1.12. The van der Waals surface area contributed by atoms with E-state index in [2.05, 4.69) is 23.8 Å². The summed E-state index contributed by atoms with van der Waals surface area (Å²) in [6.45, 7) is 4.98. The van der Waals surface area contributed by atoms with Crippen molar-refractivity contribution in [3.8, 4) is 6.01 Å². The van der Waals surface area contributed by atoms with Gasteiger partial charge < -0.3 is 4.74 Å². The Hall–Kier alpha value is -1.45. The zero-order valence-electron chi connectivity index (χ0n) is 9.14. The number of hydrogen-bond donors (Lipinski definition) is 0. The van der Waals surface area contributed by atoms with Gasteiger partial charge in [0.25, 0.3) is 0 Å². The second kappa shape index (κ2) is 6.11. The molecule has 0 N–H and O–H groups in total. The Morgan fingerprint density at radius 1 is 1.40 bits per heavy atom. The van der Waals surface area contributed by atoms with Crippen LogP contribution >= 0.6 is 0 Å². The van der Waals surface area contributed by atoms with Gasteiger partial charge in [-0.3, -0.25) is 4.79 Å². The second-order valence-corrected chi connectivity index (χ2v) is 3.80. The van der Waals surface area contributed by atoms with Crippen molar-refractivity contribution in [2.45, 2.75) is 26.7 Å². The van der Waals surface area contributed by atoms with Gasteiger partial charge in [-0.15, -0.1) is 0 Å². The van der Waals surface area contributed by atoms with E-state index >= 15 is 0 Å². The number of rotatable bonds is 6. The number of nitrogens with zero attached hydrogens (tertiary/aromatic N) is 2. The highest BCUT2D eigenvalue weighted by atomic mass is 16.5. The second-order valence-electron chi connectivity index (χ2n) is 3.80. The number of aldehydes is 1. The summed E-state index contributed by atoms with van der Waals surface area (Å²) in [6, 6.07) is 0.337. The molecule has 0 aliphatic rings. The molecule has 0 aromatic carbocycles. The largest absolute Gasteiger partial charge is 0.463 e. The van der Waals surface area contributed by atoms with Crippen LogP contribution in [0, 0.1) is 5.92 Å². The van der Waals surface area contributed by atoms with Gasteiger partial charge >= 0.3 is 6.01 Å². The van der Waals surface area contributed by atoms with E-state index in [9.17, 15) is 4.79 Å². The third kappa shape index (κ3) is 4.54. The lowest BCUT2D eigenvalue weighted by Gasteiger charge is -2.05. The van der Waals surface area contributed by atoms with Crippen molar-refractivity contribution in [2.75, 3.05) is 6.61 Å². The molecule has 15 heavy (non-hydrogen) atoms. The first-order valence-corrected chi connectivity index (χ1v) is 5.12. The van der Waals surface area contributed by atoms with Crippen molar-refractivity contribution in [1.29, 1.82) is 0 Å². The van der Waals surface area contributed by atoms with Crippen LogP contribution in [-0.4, -0.2) is 22.9 Å². The van der Waals surface area contributed by atoms with Crippen molar-refractivity contribution in [3.05, 3.63) is 18.0 Å². The van der Waals surface area contributed by atoms with Gasteiger partial charge in [0.2, 0.25) is 0 Å². The molecule has 0 radical (unpaired) electrons. The third-order valence-electron chi connectivity index (χ3n) is 1.94. The molecule has 1 heterocycles. The Labute approximate surface area is 89.7 Å². The molecular weight excluding hydrogens is 192 g/mol. The molecule has 0 saturated carbocycles. The highest BCUT2D eigenvalue weighted by Crippen LogP contribution is 2.05. The molecule has 4 nitrogen and oxygen atoms in total. The quantitative estimate of drug-likeness (QED) is 0.530. The highest BCUT2D eigenvalue weighted by molar-refractivity contribution is 5.73. The van der Waals surface area contributed by atoms with Crippen LogP contribution in [0.25, 0.3) is 0 Å². The van der Waals surface area contributed by atoms with Crippen molar-refractivity contribution in [1.82, 2.24) is 9.97 Å². The van der Waals surface area contributed by atoms with Gasteiger partial charge in [-0.05, 0) is 18.8 Å². The maximum atomic E-state index is 10.3. The SMILES string of the molecule is CC(C)CCCOc1ncc(C=O)cn1. The summed E-state index contributed by atoms with van der Waals surface area (Å²) in [5, 5.41) is 0. The lowest BCUT2D eigenvalue weighted by molar-refractivity contribution is 0.112. The molecule has 0 aliphatic carbocycles. The average molecular weight is 208 g/mol. The average Bonchev–Trinajstić information content (AvgIpc) is 2.25. The molecule has 1 rings (SSSR count). The summed E-state index contributed by atoms with van der Waals surface area (Å²) in [7, 11) is 0. The molecule has 0 fully saturated rings. The number of hydrogen-bond acceptors (Lipinski definition) is 4. The van der Waals surface area contributed by atoms with Crippen LogP contribution in [0.15, 0.2) is 12.4 Å². The molecule has 0 spiro atoms. The Balaban J connectivity index is 2.28. The molecule has 0 atom stereocenters. The predicted octanol–water partition coefficient (Wildman–Crippen LogP) is 2.10. The van der Waals surface area contributed by atoms with Crippen LogP contribution in [-0.2, 0) is 0 Å². The number of ether oxygens (including phenoxy) is 1. The summed E-state index contributed by atoms with van der Waals surface area (Å²) in [6.07, 6.45) is 5.75. The fraction of sp³-hybridized carbons (Fsp3) is 0.545. The molecule has 0 unspecified atom stereocenters. The van der Waals surface area contributed by atoms with Crippen molar-refractivity contribution in [2.24, 2.45) is 5.92 Å².